The number of methoxy groups -OCH3 is 1. The van der Waals surface area contributed by atoms with E-state index in [1.165, 1.54) is 0 Å². The van der Waals surface area contributed by atoms with Crippen molar-refractivity contribution in [2.75, 3.05) is 26.8 Å². The molecule has 1 fully saturated rings. The third-order valence-corrected chi connectivity index (χ3v) is 4.53. The van der Waals surface area contributed by atoms with Gasteiger partial charge in [0.2, 0.25) is 0 Å². The molecule has 1 aromatic rings. The second kappa shape index (κ2) is 8.58. The van der Waals surface area contributed by atoms with Crippen LogP contribution in [-0.2, 0) is 0 Å². The molecule has 1 amide bonds. The summed E-state index contributed by atoms with van der Waals surface area (Å²) in [4.78, 5) is 14.5. The molecule has 1 saturated heterocycles. The number of carbonyl (C=O) groups excluding carboxylic acids is 1. The number of rotatable bonds is 6. The third kappa shape index (κ3) is 4.77. The van der Waals surface area contributed by atoms with Gasteiger partial charge in [-0.05, 0) is 37.3 Å². The maximum atomic E-state index is 12.7. The Morgan fingerprint density at radius 1 is 1.38 bits per heavy atom. The Morgan fingerprint density at radius 3 is 2.62 bits per heavy atom. The van der Waals surface area contributed by atoms with E-state index in [-0.39, 0.29) is 11.9 Å². The van der Waals surface area contributed by atoms with Crippen molar-refractivity contribution in [3.05, 3.63) is 22.7 Å². The van der Waals surface area contributed by atoms with Crippen LogP contribution in [0, 0.1) is 5.92 Å². The molecule has 0 aliphatic carbocycles. The molecule has 0 radical (unpaired) electrons. The van der Waals surface area contributed by atoms with Crippen molar-refractivity contribution in [2.24, 2.45) is 11.7 Å². The van der Waals surface area contributed by atoms with Gasteiger partial charge in [-0.15, -0.1) is 0 Å². The van der Waals surface area contributed by atoms with Crippen LogP contribution < -0.4 is 15.2 Å². The third-order valence-electron chi connectivity index (χ3n) is 4.24. The van der Waals surface area contributed by atoms with Crippen LogP contribution in [0.2, 0.25) is 5.02 Å². The molecule has 0 aromatic heterocycles. The van der Waals surface area contributed by atoms with Gasteiger partial charge in [-0.2, -0.15) is 0 Å². The number of ether oxygens (including phenoxy) is 2. The average molecular weight is 355 g/mol. The molecule has 1 aliphatic rings. The van der Waals surface area contributed by atoms with Gasteiger partial charge in [0.05, 0.1) is 18.7 Å². The Hall–Kier alpha value is -1.46. The van der Waals surface area contributed by atoms with Crippen LogP contribution in [0.15, 0.2) is 12.1 Å². The molecule has 0 spiro atoms. The van der Waals surface area contributed by atoms with E-state index >= 15 is 0 Å². The molecule has 0 atom stereocenters. The van der Waals surface area contributed by atoms with Crippen molar-refractivity contribution in [3.8, 4) is 11.5 Å². The largest absolute Gasteiger partial charge is 0.493 e. The highest BCUT2D eigenvalue weighted by Gasteiger charge is 2.24. The van der Waals surface area contributed by atoms with Crippen LogP contribution in [0.3, 0.4) is 0 Å². The topological polar surface area (TPSA) is 64.8 Å². The lowest BCUT2D eigenvalue weighted by molar-refractivity contribution is 0.0714. The van der Waals surface area contributed by atoms with Gasteiger partial charge >= 0.3 is 0 Å². The molecule has 6 heteroatoms. The summed E-state index contributed by atoms with van der Waals surface area (Å²) in [6.07, 6.45) is 2.58. The quantitative estimate of drug-likeness (QED) is 0.850. The molecule has 2 N–H and O–H groups in total. The van der Waals surface area contributed by atoms with Gasteiger partial charge in [0, 0.05) is 24.7 Å². The van der Waals surface area contributed by atoms with Crippen molar-refractivity contribution in [2.45, 2.75) is 39.2 Å². The molecule has 134 valence electrons. The Morgan fingerprint density at radius 2 is 2.04 bits per heavy atom. The molecule has 1 heterocycles. The van der Waals surface area contributed by atoms with E-state index in [4.69, 9.17) is 26.8 Å². The highest BCUT2D eigenvalue weighted by Crippen LogP contribution is 2.37. The molecule has 0 bridgehead atoms. The van der Waals surface area contributed by atoms with Crippen LogP contribution in [-0.4, -0.2) is 43.7 Å². The first-order chi connectivity index (χ1) is 11.4. The first-order valence-electron chi connectivity index (χ1n) is 8.47. The zero-order chi connectivity index (χ0) is 17.7. The fourth-order valence-corrected chi connectivity index (χ4v) is 2.93. The summed E-state index contributed by atoms with van der Waals surface area (Å²) in [7, 11) is 1.55. The molecule has 2 rings (SSSR count). The van der Waals surface area contributed by atoms with Crippen molar-refractivity contribution in [1.29, 1.82) is 0 Å². The van der Waals surface area contributed by atoms with Crippen LogP contribution in [0.5, 0.6) is 11.5 Å². The van der Waals surface area contributed by atoms with E-state index in [1.54, 1.807) is 19.2 Å². The Bertz CT molecular complexity index is 570. The predicted octanol–water partition coefficient (Wildman–Crippen LogP) is 3.34. The maximum absolute atomic E-state index is 12.7. The molecule has 1 aromatic carbocycles. The molecule has 1 aliphatic heterocycles. The lowest BCUT2D eigenvalue weighted by Crippen LogP contribution is -2.42. The van der Waals surface area contributed by atoms with Crippen molar-refractivity contribution >= 4 is 17.5 Å². The Labute approximate surface area is 149 Å². The molecule has 0 unspecified atom stereocenters. The number of halogens is 1. The number of hydrogen-bond donors (Lipinski definition) is 1. The summed E-state index contributed by atoms with van der Waals surface area (Å²) >= 11 is 6.34. The highest BCUT2D eigenvalue weighted by molar-refractivity contribution is 6.32. The smallest absolute Gasteiger partial charge is 0.254 e. The number of hydrogen-bond acceptors (Lipinski definition) is 4. The second-order valence-electron chi connectivity index (χ2n) is 6.65. The van der Waals surface area contributed by atoms with E-state index in [9.17, 15) is 4.79 Å². The predicted molar refractivity (Wildman–Crippen MR) is 96.1 cm³/mol. The number of piperidine rings is 1. The first-order valence-corrected chi connectivity index (χ1v) is 8.85. The number of carbonyl (C=O) groups is 1. The SMILES string of the molecule is COc1cc(C(=O)N2CCC(N)CC2)cc(Cl)c1OCCC(C)C. The number of likely N-dealkylation sites (tertiary alicyclic amines) is 1. The lowest BCUT2D eigenvalue weighted by atomic mass is 10.0. The number of benzene rings is 1. The van der Waals surface area contributed by atoms with E-state index in [0.29, 0.717) is 47.7 Å². The van der Waals surface area contributed by atoms with Gasteiger partial charge in [0.1, 0.15) is 0 Å². The first kappa shape index (κ1) is 18.9. The normalized spacial score (nSPS) is 15.7. The number of amides is 1. The molecular formula is C18H27ClN2O3. The van der Waals surface area contributed by atoms with E-state index in [2.05, 4.69) is 13.8 Å². The maximum Gasteiger partial charge on any atom is 0.254 e. The summed E-state index contributed by atoms with van der Waals surface area (Å²) < 4.78 is 11.1. The summed E-state index contributed by atoms with van der Waals surface area (Å²) in [5.74, 6) is 1.48. The minimum absolute atomic E-state index is 0.0455. The Balaban J connectivity index is 2.14. The monoisotopic (exact) mass is 354 g/mol. The van der Waals surface area contributed by atoms with Crippen molar-refractivity contribution in [3.63, 3.8) is 0 Å². The zero-order valence-corrected chi connectivity index (χ0v) is 15.4. The minimum Gasteiger partial charge on any atom is -0.493 e. The second-order valence-corrected chi connectivity index (χ2v) is 7.06. The fourth-order valence-electron chi connectivity index (χ4n) is 2.67. The van der Waals surface area contributed by atoms with Crippen LogP contribution >= 0.6 is 11.6 Å². The van der Waals surface area contributed by atoms with Gasteiger partial charge in [-0.25, -0.2) is 0 Å². The van der Waals surface area contributed by atoms with Gasteiger partial charge in [0.25, 0.3) is 5.91 Å². The molecular weight excluding hydrogens is 328 g/mol. The minimum atomic E-state index is -0.0455. The number of nitrogens with two attached hydrogens (primary N) is 1. The average Bonchev–Trinajstić information content (AvgIpc) is 2.55. The van der Waals surface area contributed by atoms with Crippen molar-refractivity contribution < 1.29 is 14.3 Å². The van der Waals surface area contributed by atoms with Gasteiger partial charge in [-0.3, -0.25) is 4.79 Å². The summed E-state index contributed by atoms with van der Waals surface area (Å²) in [6.45, 7) is 6.17. The summed E-state index contributed by atoms with van der Waals surface area (Å²) in [5, 5.41) is 0.398. The highest BCUT2D eigenvalue weighted by atomic mass is 35.5. The summed E-state index contributed by atoms with van der Waals surface area (Å²) in [6, 6.07) is 3.54. The molecule has 5 nitrogen and oxygen atoms in total. The summed E-state index contributed by atoms with van der Waals surface area (Å²) in [5.41, 5.74) is 6.41. The van der Waals surface area contributed by atoms with Crippen molar-refractivity contribution in [1.82, 2.24) is 4.90 Å². The Kier molecular flexibility index (Phi) is 6.75. The van der Waals surface area contributed by atoms with Gasteiger partial charge in [0.15, 0.2) is 11.5 Å². The zero-order valence-electron chi connectivity index (χ0n) is 14.7. The molecule has 0 saturated carbocycles. The van der Waals surface area contributed by atoms with Crippen LogP contribution in [0.4, 0.5) is 0 Å². The fraction of sp³-hybridized carbons (Fsp3) is 0.611. The lowest BCUT2D eigenvalue weighted by Gasteiger charge is -2.30. The molecule has 24 heavy (non-hydrogen) atoms. The van der Waals surface area contributed by atoms with E-state index in [0.717, 1.165) is 19.3 Å². The van der Waals surface area contributed by atoms with Gasteiger partial charge < -0.3 is 20.1 Å². The van der Waals surface area contributed by atoms with E-state index < -0.39 is 0 Å². The van der Waals surface area contributed by atoms with Crippen LogP contribution in [0.25, 0.3) is 0 Å². The van der Waals surface area contributed by atoms with E-state index in [1.807, 2.05) is 4.90 Å². The van der Waals surface area contributed by atoms with Gasteiger partial charge in [-0.1, -0.05) is 25.4 Å². The number of nitrogens with zero attached hydrogens (tertiary/aromatic N) is 1. The standard InChI is InChI=1S/C18H27ClN2O3/c1-12(2)6-9-24-17-15(19)10-13(11-16(17)23-3)18(22)21-7-4-14(20)5-8-21/h10-12,14H,4-9,20H2,1-3H3. The van der Waals surface area contributed by atoms with Crippen LogP contribution in [0.1, 0.15) is 43.5 Å².